The summed E-state index contributed by atoms with van der Waals surface area (Å²) in [6.07, 6.45) is 4.49. The number of pyridine rings is 1. The zero-order chi connectivity index (χ0) is 12.9. The summed E-state index contributed by atoms with van der Waals surface area (Å²) < 4.78 is 12.8. The molecule has 0 aliphatic rings. The van der Waals surface area contributed by atoms with Crippen molar-refractivity contribution in [2.24, 2.45) is 5.92 Å². The lowest BCUT2D eigenvalue weighted by molar-refractivity contribution is 0.0157. The summed E-state index contributed by atoms with van der Waals surface area (Å²) in [4.78, 5) is 3.99. The summed E-state index contributed by atoms with van der Waals surface area (Å²) in [5.74, 6) is 0.270. The number of nitrogens with zero attached hydrogens (tertiary/aromatic N) is 1. The Balaban J connectivity index is 2.70. The van der Waals surface area contributed by atoms with Gasteiger partial charge in [-0.2, -0.15) is 0 Å². The molecule has 96 valence electrons. The molecule has 0 spiro atoms. The number of rotatable bonds is 6. The number of aromatic nitrogens is 1. The number of halogens is 1. The minimum atomic E-state index is -0.914. The number of aliphatic hydroxyl groups is 1. The van der Waals surface area contributed by atoms with Gasteiger partial charge in [-0.3, -0.25) is 4.98 Å². The van der Waals surface area contributed by atoms with Gasteiger partial charge in [0.15, 0.2) is 0 Å². The molecule has 0 aliphatic heterocycles. The van der Waals surface area contributed by atoms with Crippen molar-refractivity contribution in [2.75, 3.05) is 0 Å². The van der Waals surface area contributed by atoms with Gasteiger partial charge in [-0.25, -0.2) is 4.39 Å². The van der Waals surface area contributed by atoms with Crippen LogP contribution in [-0.4, -0.2) is 10.1 Å². The molecule has 1 unspecified atom stereocenters. The molecule has 0 saturated heterocycles. The highest BCUT2D eigenvalue weighted by Gasteiger charge is 2.28. The molecule has 0 amide bonds. The largest absolute Gasteiger partial charge is 0.384 e. The number of hydrogen-bond donors (Lipinski definition) is 1. The van der Waals surface area contributed by atoms with E-state index in [-0.39, 0.29) is 5.82 Å². The molecule has 1 atom stereocenters. The molecule has 1 aromatic heterocycles. The van der Waals surface area contributed by atoms with Crippen LogP contribution in [-0.2, 0) is 5.60 Å². The van der Waals surface area contributed by atoms with E-state index in [1.54, 1.807) is 6.07 Å². The third-order valence-electron chi connectivity index (χ3n) is 3.16. The van der Waals surface area contributed by atoms with Crippen LogP contribution in [0.5, 0.6) is 0 Å². The fourth-order valence-corrected chi connectivity index (χ4v) is 1.94. The maximum atomic E-state index is 12.8. The van der Waals surface area contributed by atoms with Crippen LogP contribution in [0.3, 0.4) is 0 Å². The second-order valence-electron chi connectivity index (χ2n) is 5.03. The Labute approximate surface area is 103 Å². The van der Waals surface area contributed by atoms with Crippen molar-refractivity contribution in [1.82, 2.24) is 4.98 Å². The Kier molecular flexibility index (Phi) is 5.06. The molecule has 0 bridgehead atoms. The molecule has 17 heavy (non-hydrogen) atoms. The first kappa shape index (κ1) is 14.1. The minimum Gasteiger partial charge on any atom is -0.384 e. The van der Waals surface area contributed by atoms with E-state index in [2.05, 4.69) is 18.8 Å². The van der Waals surface area contributed by atoms with Gasteiger partial charge < -0.3 is 5.11 Å². The zero-order valence-electron chi connectivity index (χ0n) is 10.9. The maximum absolute atomic E-state index is 12.8. The van der Waals surface area contributed by atoms with E-state index in [0.29, 0.717) is 24.5 Å². The highest BCUT2D eigenvalue weighted by Crippen LogP contribution is 2.29. The Hall–Kier alpha value is -0.960. The van der Waals surface area contributed by atoms with Crippen molar-refractivity contribution in [3.63, 3.8) is 0 Å². The maximum Gasteiger partial charge on any atom is 0.141 e. The van der Waals surface area contributed by atoms with Crippen molar-refractivity contribution in [2.45, 2.75) is 52.1 Å². The van der Waals surface area contributed by atoms with Gasteiger partial charge in [-0.1, -0.05) is 27.2 Å². The summed E-state index contributed by atoms with van der Waals surface area (Å²) in [6, 6.07) is 2.93. The van der Waals surface area contributed by atoms with Crippen LogP contribution in [0.4, 0.5) is 4.39 Å². The van der Waals surface area contributed by atoms with E-state index >= 15 is 0 Å². The molecular formula is C14H22FNO. The van der Waals surface area contributed by atoms with Crippen LogP contribution in [0.25, 0.3) is 0 Å². The summed E-state index contributed by atoms with van der Waals surface area (Å²) >= 11 is 0. The third-order valence-corrected chi connectivity index (χ3v) is 3.16. The SMILES string of the molecule is CCC(O)(CCCC(C)C)c1ccc(F)cn1. The minimum absolute atomic E-state index is 0.366. The highest BCUT2D eigenvalue weighted by molar-refractivity contribution is 5.13. The molecule has 0 aliphatic carbocycles. The monoisotopic (exact) mass is 239 g/mol. The van der Waals surface area contributed by atoms with Gasteiger partial charge in [0, 0.05) is 0 Å². The van der Waals surface area contributed by atoms with E-state index < -0.39 is 5.60 Å². The van der Waals surface area contributed by atoms with Gasteiger partial charge in [0.1, 0.15) is 11.4 Å². The molecule has 0 saturated carbocycles. The van der Waals surface area contributed by atoms with Gasteiger partial charge in [0.05, 0.1) is 11.9 Å². The highest BCUT2D eigenvalue weighted by atomic mass is 19.1. The fourth-order valence-electron chi connectivity index (χ4n) is 1.94. The van der Waals surface area contributed by atoms with Crippen LogP contribution in [0.1, 0.15) is 52.1 Å². The molecule has 1 heterocycles. The van der Waals surface area contributed by atoms with Crippen LogP contribution in [0.15, 0.2) is 18.3 Å². The topological polar surface area (TPSA) is 33.1 Å². The smallest absolute Gasteiger partial charge is 0.141 e. The predicted molar refractivity (Wildman–Crippen MR) is 67.1 cm³/mol. The van der Waals surface area contributed by atoms with Gasteiger partial charge in [-0.05, 0) is 37.3 Å². The average molecular weight is 239 g/mol. The van der Waals surface area contributed by atoms with Crippen molar-refractivity contribution < 1.29 is 9.50 Å². The average Bonchev–Trinajstić information content (AvgIpc) is 2.29. The molecule has 2 nitrogen and oxygen atoms in total. The molecule has 1 aromatic rings. The predicted octanol–water partition coefficient (Wildman–Crippen LogP) is 3.64. The van der Waals surface area contributed by atoms with Crippen molar-refractivity contribution >= 4 is 0 Å². The summed E-state index contributed by atoms with van der Waals surface area (Å²) in [5.41, 5.74) is -0.340. The van der Waals surface area contributed by atoms with Crippen molar-refractivity contribution in [1.29, 1.82) is 0 Å². The van der Waals surface area contributed by atoms with E-state index in [1.807, 2.05) is 6.92 Å². The molecule has 0 fully saturated rings. The Morgan fingerprint density at radius 3 is 2.59 bits per heavy atom. The first-order chi connectivity index (χ1) is 7.98. The molecule has 1 N–H and O–H groups in total. The van der Waals surface area contributed by atoms with Gasteiger partial charge in [-0.15, -0.1) is 0 Å². The second kappa shape index (κ2) is 6.10. The normalized spacial score (nSPS) is 14.9. The van der Waals surface area contributed by atoms with E-state index in [0.717, 1.165) is 12.8 Å². The summed E-state index contributed by atoms with van der Waals surface area (Å²) in [5, 5.41) is 10.5. The zero-order valence-corrected chi connectivity index (χ0v) is 10.9. The number of hydrogen-bond acceptors (Lipinski definition) is 2. The molecule has 1 rings (SSSR count). The molecule has 3 heteroatoms. The quantitative estimate of drug-likeness (QED) is 0.822. The van der Waals surface area contributed by atoms with Gasteiger partial charge in [0.25, 0.3) is 0 Å². The first-order valence-electron chi connectivity index (χ1n) is 6.32. The van der Waals surface area contributed by atoms with Crippen LogP contribution in [0, 0.1) is 11.7 Å². The lowest BCUT2D eigenvalue weighted by Gasteiger charge is -2.26. The Bertz CT molecular complexity index is 337. The van der Waals surface area contributed by atoms with E-state index in [9.17, 15) is 9.50 Å². The van der Waals surface area contributed by atoms with E-state index in [1.165, 1.54) is 12.3 Å². The molecule has 0 radical (unpaired) electrons. The fraction of sp³-hybridized carbons (Fsp3) is 0.643. The molecule has 0 aromatic carbocycles. The Morgan fingerprint density at radius 1 is 1.41 bits per heavy atom. The Morgan fingerprint density at radius 2 is 2.12 bits per heavy atom. The van der Waals surface area contributed by atoms with E-state index in [4.69, 9.17) is 0 Å². The second-order valence-corrected chi connectivity index (χ2v) is 5.03. The summed E-state index contributed by atoms with van der Waals surface area (Å²) in [6.45, 7) is 6.27. The third kappa shape index (κ3) is 4.08. The van der Waals surface area contributed by atoms with Crippen LogP contribution in [0.2, 0.25) is 0 Å². The summed E-state index contributed by atoms with van der Waals surface area (Å²) in [7, 11) is 0. The lowest BCUT2D eigenvalue weighted by Crippen LogP contribution is -2.26. The lowest BCUT2D eigenvalue weighted by atomic mass is 9.88. The first-order valence-corrected chi connectivity index (χ1v) is 6.32. The van der Waals surface area contributed by atoms with Crippen LogP contribution >= 0.6 is 0 Å². The van der Waals surface area contributed by atoms with Crippen molar-refractivity contribution in [3.05, 3.63) is 29.8 Å². The standard InChI is InChI=1S/C14H22FNO/c1-4-14(17,9-5-6-11(2)3)13-8-7-12(15)10-16-13/h7-8,10-11,17H,4-6,9H2,1-3H3. The molecular weight excluding hydrogens is 217 g/mol. The van der Waals surface area contributed by atoms with Gasteiger partial charge >= 0.3 is 0 Å². The van der Waals surface area contributed by atoms with Gasteiger partial charge in [0.2, 0.25) is 0 Å². The van der Waals surface area contributed by atoms with Crippen molar-refractivity contribution in [3.8, 4) is 0 Å². The van der Waals surface area contributed by atoms with Crippen LogP contribution < -0.4 is 0 Å².